The smallest absolute Gasteiger partial charge is 0.123 e. The number of ether oxygens (including phenoxy) is 1. The average Bonchev–Trinajstić information content (AvgIpc) is 2.64. The Bertz CT molecular complexity index is 736. The van der Waals surface area contributed by atoms with Crippen LogP contribution >= 0.6 is 0 Å². The molecular weight excluding hydrogens is 362 g/mol. The third-order valence-corrected chi connectivity index (χ3v) is 8.14. The van der Waals surface area contributed by atoms with E-state index in [0.717, 1.165) is 29.9 Å². The molecule has 3 aliphatic rings. The molecule has 0 amide bonds. The predicted octanol–water partition coefficient (Wildman–Crippen LogP) is 4.40. The maximum atomic E-state index is 11.1. The van der Waals surface area contributed by atoms with Crippen LogP contribution in [-0.2, 0) is 23.1 Å². The highest BCUT2D eigenvalue weighted by Crippen LogP contribution is 2.64. The Morgan fingerprint density at radius 2 is 1.86 bits per heavy atom. The van der Waals surface area contributed by atoms with Gasteiger partial charge in [-0.2, -0.15) is 0 Å². The number of fused-ring (bicyclic) bond motifs is 2. The van der Waals surface area contributed by atoms with Crippen LogP contribution < -0.4 is 5.32 Å². The Morgan fingerprint density at radius 3 is 2.41 bits per heavy atom. The highest BCUT2D eigenvalue weighted by molar-refractivity contribution is 5.47. The van der Waals surface area contributed by atoms with Crippen LogP contribution in [0.25, 0.3) is 0 Å². The van der Waals surface area contributed by atoms with E-state index in [4.69, 9.17) is 4.74 Å². The fraction of sp³-hybridized carbons (Fsp3) is 0.760. The summed E-state index contributed by atoms with van der Waals surface area (Å²) in [6, 6.07) is 4.24. The first-order valence-corrected chi connectivity index (χ1v) is 11.1. The SMILES string of the molecule is COCCc1cc(CN[C@]2(C)[C@H](CO)C[C@@H]3C[C@H]2C3(C)C)c(O)c(C(C)(C)C)c1. The van der Waals surface area contributed by atoms with Crippen molar-refractivity contribution in [1.29, 1.82) is 0 Å². The van der Waals surface area contributed by atoms with Crippen molar-refractivity contribution >= 4 is 0 Å². The number of hydrogen-bond donors (Lipinski definition) is 3. The molecule has 4 heteroatoms. The van der Waals surface area contributed by atoms with Crippen molar-refractivity contribution in [2.75, 3.05) is 20.3 Å². The lowest BCUT2D eigenvalue weighted by Crippen LogP contribution is -2.70. The normalized spacial score (nSPS) is 30.8. The number of aliphatic hydroxyl groups excluding tert-OH is 1. The lowest BCUT2D eigenvalue weighted by molar-refractivity contribution is -0.162. The van der Waals surface area contributed by atoms with Crippen LogP contribution in [-0.4, -0.2) is 36.1 Å². The lowest BCUT2D eigenvalue weighted by atomic mass is 9.41. The van der Waals surface area contributed by atoms with E-state index in [9.17, 15) is 10.2 Å². The van der Waals surface area contributed by atoms with Gasteiger partial charge in [0.2, 0.25) is 0 Å². The van der Waals surface area contributed by atoms with Crippen molar-refractivity contribution in [1.82, 2.24) is 5.32 Å². The number of methoxy groups -OCH3 is 1. The molecule has 4 nitrogen and oxygen atoms in total. The minimum atomic E-state index is -0.131. The van der Waals surface area contributed by atoms with Gasteiger partial charge in [0, 0.05) is 37.3 Å². The Hall–Kier alpha value is -1.10. The lowest BCUT2D eigenvalue weighted by Gasteiger charge is -2.67. The fourth-order valence-electron chi connectivity index (χ4n) is 5.96. The molecule has 0 heterocycles. The molecule has 29 heavy (non-hydrogen) atoms. The summed E-state index contributed by atoms with van der Waals surface area (Å²) in [7, 11) is 1.72. The first kappa shape index (κ1) is 22.6. The van der Waals surface area contributed by atoms with E-state index in [-0.39, 0.29) is 23.5 Å². The second kappa shape index (κ2) is 7.86. The Morgan fingerprint density at radius 1 is 1.17 bits per heavy atom. The van der Waals surface area contributed by atoms with Crippen LogP contribution in [0.1, 0.15) is 71.1 Å². The average molecular weight is 404 g/mol. The summed E-state index contributed by atoms with van der Waals surface area (Å²) < 4.78 is 5.28. The zero-order valence-electron chi connectivity index (χ0n) is 19.4. The monoisotopic (exact) mass is 403 g/mol. The van der Waals surface area contributed by atoms with Crippen LogP contribution in [0.2, 0.25) is 0 Å². The Balaban J connectivity index is 1.88. The maximum absolute atomic E-state index is 11.1. The van der Waals surface area contributed by atoms with Gasteiger partial charge in [-0.3, -0.25) is 0 Å². The van der Waals surface area contributed by atoms with E-state index in [1.807, 2.05) is 0 Å². The molecule has 3 fully saturated rings. The summed E-state index contributed by atoms with van der Waals surface area (Å²) in [5.74, 6) is 1.93. The van der Waals surface area contributed by atoms with Gasteiger partial charge >= 0.3 is 0 Å². The molecular formula is C25H41NO3. The molecule has 0 aromatic heterocycles. The van der Waals surface area contributed by atoms with Gasteiger partial charge in [0.25, 0.3) is 0 Å². The third-order valence-electron chi connectivity index (χ3n) is 8.14. The predicted molar refractivity (Wildman–Crippen MR) is 118 cm³/mol. The molecule has 0 unspecified atom stereocenters. The molecule has 2 bridgehead atoms. The molecule has 0 saturated heterocycles. The number of nitrogens with one attached hydrogen (secondary N) is 1. The van der Waals surface area contributed by atoms with E-state index in [1.54, 1.807) is 7.11 Å². The first-order valence-electron chi connectivity index (χ1n) is 11.1. The number of phenolic OH excluding ortho intramolecular Hbond substituents is 1. The van der Waals surface area contributed by atoms with Gasteiger partial charge in [0.1, 0.15) is 5.75 Å². The second-order valence-corrected chi connectivity index (χ2v) is 11.2. The summed E-state index contributed by atoms with van der Waals surface area (Å²) in [4.78, 5) is 0. The number of hydrogen-bond acceptors (Lipinski definition) is 4. The minimum Gasteiger partial charge on any atom is -0.507 e. The van der Waals surface area contributed by atoms with Gasteiger partial charge in [0.05, 0.1) is 6.61 Å². The highest BCUT2D eigenvalue weighted by atomic mass is 16.5. The van der Waals surface area contributed by atoms with Crippen molar-refractivity contribution in [2.24, 2.45) is 23.2 Å². The molecule has 3 aliphatic carbocycles. The van der Waals surface area contributed by atoms with Crippen molar-refractivity contribution in [3.05, 3.63) is 28.8 Å². The van der Waals surface area contributed by atoms with Gasteiger partial charge in [-0.15, -0.1) is 0 Å². The summed E-state index contributed by atoms with van der Waals surface area (Å²) in [5.41, 5.74) is 3.19. The van der Waals surface area contributed by atoms with Crippen molar-refractivity contribution in [3.63, 3.8) is 0 Å². The van der Waals surface area contributed by atoms with Gasteiger partial charge in [-0.05, 0) is 60.0 Å². The molecule has 1 aromatic carbocycles. The van der Waals surface area contributed by atoms with Crippen molar-refractivity contribution < 1.29 is 14.9 Å². The molecule has 164 valence electrons. The minimum absolute atomic E-state index is 0.121. The summed E-state index contributed by atoms with van der Waals surface area (Å²) in [5, 5.41) is 25.0. The van der Waals surface area contributed by atoms with E-state index in [0.29, 0.717) is 30.2 Å². The quantitative estimate of drug-likeness (QED) is 0.631. The molecule has 0 aliphatic heterocycles. The molecule has 0 spiro atoms. The van der Waals surface area contributed by atoms with E-state index < -0.39 is 0 Å². The third kappa shape index (κ3) is 3.96. The van der Waals surface area contributed by atoms with Gasteiger partial charge in [-0.1, -0.05) is 46.8 Å². The van der Waals surface area contributed by atoms with E-state index in [2.05, 4.69) is 59.0 Å². The number of aromatic hydroxyl groups is 1. The van der Waals surface area contributed by atoms with Crippen LogP contribution in [0, 0.1) is 23.2 Å². The van der Waals surface area contributed by atoms with E-state index in [1.165, 1.54) is 12.0 Å². The fourth-order valence-corrected chi connectivity index (χ4v) is 5.96. The summed E-state index contributed by atoms with van der Waals surface area (Å²) in [6.07, 6.45) is 3.15. The molecule has 0 radical (unpaired) electrons. The zero-order chi connectivity index (χ0) is 21.6. The van der Waals surface area contributed by atoms with Crippen molar-refractivity contribution in [2.45, 2.75) is 78.3 Å². The van der Waals surface area contributed by atoms with E-state index >= 15 is 0 Å². The van der Waals surface area contributed by atoms with Crippen LogP contribution in [0.5, 0.6) is 5.75 Å². The van der Waals surface area contributed by atoms with Gasteiger partial charge in [0.15, 0.2) is 0 Å². The molecule has 3 N–H and O–H groups in total. The zero-order valence-corrected chi connectivity index (χ0v) is 19.4. The highest BCUT2D eigenvalue weighted by Gasteiger charge is 2.62. The first-order chi connectivity index (χ1) is 13.4. The number of benzene rings is 1. The number of rotatable bonds is 7. The molecule has 1 aromatic rings. The summed E-state index contributed by atoms with van der Waals surface area (Å²) >= 11 is 0. The van der Waals surface area contributed by atoms with Crippen LogP contribution in [0.15, 0.2) is 12.1 Å². The molecule has 4 rings (SSSR count). The van der Waals surface area contributed by atoms with Crippen molar-refractivity contribution in [3.8, 4) is 5.75 Å². The van der Waals surface area contributed by atoms with Crippen LogP contribution in [0.4, 0.5) is 0 Å². The Labute approximate surface area is 177 Å². The molecule has 4 atom stereocenters. The maximum Gasteiger partial charge on any atom is 0.123 e. The summed E-state index contributed by atoms with van der Waals surface area (Å²) in [6.45, 7) is 15.0. The largest absolute Gasteiger partial charge is 0.507 e. The van der Waals surface area contributed by atoms with Gasteiger partial charge < -0.3 is 20.3 Å². The van der Waals surface area contributed by atoms with Crippen LogP contribution in [0.3, 0.4) is 0 Å². The topological polar surface area (TPSA) is 61.7 Å². The molecule has 3 saturated carbocycles. The number of phenols is 1. The second-order valence-electron chi connectivity index (χ2n) is 11.2. The number of aliphatic hydroxyl groups is 1. The standard InChI is InChI=1S/C25H41NO3/c1-23(2,3)20-11-16(8-9-29-7)10-17(22(20)28)14-26-25(6)19(15-27)12-18-13-21(25)24(18,4)5/h10-11,18-19,21,26-28H,8-9,12-15H2,1-7H3/t18-,19+,21+,25-/m1/s1. The van der Waals surface area contributed by atoms with Gasteiger partial charge in [-0.25, -0.2) is 0 Å². The Kier molecular flexibility index (Phi) is 6.12.